The SMILES string of the molecule is COc1ccc(C(=O)NC(C)C(C)=O)cc1F. The Balaban J connectivity index is 2.83. The number of hydrogen-bond acceptors (Lipinski definition) is 3. The van der Waals surface area contributed by atoms with Crippen molar-refractivity contribution in [1.82, 2.24) is 5.32 Å². The number of hydrogen-bond donors (Lipinski definition) is 1. The van der Waals surface area contributed by atoms with Gasteiger partial charge in [-0.1, -0.05) is 0 Å². The van der Waals surface area contributed by atoms with Gasteiger partial charge in [0.2, 0.25) is 0 Å². The Labute approximate surface area is 98.8 Å². The molecule has 0 saturated heterocycles. The fourth-order valence-corrected chi connectivity index (χ4v) is 1.19. The van der Waals surface area contributed by atoms with E-state index in [-0.39, 0.29) is 17.1 Å². The first kappa shape index (κ1) is 13.2. The Morgan fingerprint density at radius 1 is 1.41 bits per heavy atom. The summed E-state index contributed by atoms with van der Waals surface area (Å²) in [6, 6.07) is 3.28. The van der Waals surface area contributed by atoms with Crippen molar-refractivity contribution in [2.75, 3.05) is 7.11 Å². The summed E-state index contributed by atoms with van der Waals surface area (Å²) in [7, 11) is 1.34. The molecule has 0 heterocycles. The molecule has 1 N–H and O–H groups in total. The van der Waals surface area contributed by atoms with Gasteiger partial charge in [-0.15, -0.1) is 0 Å². The molecule has 1 amide bonds. The number of benzene rings is 1. The molecule has 0 saturated carbocycles. The number of rotatable bonds is 4. The smallest absolute Gasteiger partial charge is 0.251 e. The summed E-state index contributed by atoms with van der Waals surface area (Å²) in [6.07, 6.45) is 0. The average molecular weight is 239 g/mol. The molecular formula is C12H14FNO3. The lowest BCUT2D eigenvalue weighted by Crippen LogP contribution is -2.37. The van der Waals surface area contributed by atoms with Crippen LogP contribution in [0.2, 0.25) is 0 Å². The first-order valence-corrected chi connectivity index (χ1v) is 5.10. The number of Topliss-reactive ketones (excluding diaryl/α,β-unsaturated/α-hetero) is 1. The van der Waals surface area contributed by atoms with E-state index in [0.29, 0.717) is 0 Å². The first-order valence-electron chi connectivity index (χ1n) is 5.10. The quantitative estimate of drug-likeness (QED) is 0.867. The Bertz CT molecular complexity index is 445. The van der Waals surface area contributed by atoms with Gasteiger partial charge in [0.05, 0.1) is 13.2 Å². The molecule has 0 fully saturated rings. The summed E-state index contributed by atoms with van der Waals surface area (Å²) in [4.78, 5) is 22.6. The minimum atomic E-state index is -0.615. The number of ketones is 1. The maximum Gasteiger partial charge on any atom is 0.251 e. The Morgan fingerprint density at radius 2 is 2.06 bits per heavy atom. The molecule has 0 aliphatic rings. The molecule has 92 valence electrons. The summed E-state index contributed by atoms with van der Waals surface area (Å²) in [5.41, 5.74) is 0.149. The van der Waals surface area contributed by atoms with Crippen molar-refractivity contribution in [3.63, 3.8) is 0 Å². The third-order valence-corrected chi connectivity index (χ3v) is 2.37. The average Bonchev–Trinajstić information content (AvgIpc) is 2.28. The lowest BCUT2D eigenvalue weighted by atomic mass is 10.1. The van der Waals surface area contributed by atoms with E-state index < -0.39 is 17.8 Å². The number of amides is 1. The Kier molecular flexibility index (Phi) is 4.20. The van der Waals surface area contributed by atoms with Crippen LogP contribution < -0.4 is 10.1 Å². The molecule has 0 aromatic heterocycles. The highest BCUT2D eigenvalue weighted by molar-refractivity contribution is 5.97. The molecule has 1 atom stereocenters. The van der Waals surface area contributed by atoms with E-state index in [0.717, 1.165) is 6.07 Å². The summed E-state index contributed by atoms with van der Waals surface area (Å²) in [6.45, 7) is 2.94. The van der Waals surface area contributed by atoms with Crippen LogP contribution in [0.4, 0.5) is 4.39 Å². The van der Waals surface area contributed by atoms with Crippen LogP contribution in [0, 0.1) is 5.82 Å². The van der Waals surface area contributed by atoms with Crippen LogP contribution in [0.3, 0.4) is 0 Å². The molecule has 0 aliphatic heterocycles. The van der Waals surface area contributed by atoms with Gasteiger partial charge in [-0.25, -0.2) is 4.39 Å². The van der Waals surface area contributed by atoms with E-state index in [1.807, 2.05) is 0 Å². The highest BCUT2D eigenvalue weighted by Gasteiger charge is 2.14. The van der Waals surface area contributed by atoms with Crippen molar-refractivity contribution < 1.29 is 18.7 Å². The van der Waals surface area contributed by atoms with Gasteiger partial charge in [0.25, 0.3) is 5.91 Å². The predicted octanol–water partition coefficient (Wildman–Crippen LogP) is 1.54. The van der Waals surface area contributed by atoms with Crippen molar-refractivity contribution in [2.45, 2.75) is 19.9 Å². The molecule has 0 aliphatic carbocycles. The number of carbonyl (C=O) groups excluding carboxylic acids is 2. The Morgan fingerprint density at radius 3 is 2.53 bits per heavy atom. The van der Waals surface area contributed by atoms with E-state index in [4.69, 9.17) is 4.74 Å². The molecule has 5 heteroatoms. The van der Waals surface area contributed by atoms with Crippen LogP contribution in [0.1, 0.15) is 24.2 Å². The van der Waals surface area contributed by atoms with Gasteiger partial charge in [0.15, 0.2) is 17.3 Å². The maximum absolute atomic E-state index is 13.3. The van der Waals surface area contributed by atoms with Crippen LogP contribution in [0.5, 0.6) is 5.75 Å². The van der Waals surface area contributed by atoms with E-state index >= 15 is 0 Å². The molecule has 0 radical (unpaired) electrons. The summed E-state index contributed by atoms with van der Waals surface area (Å²) in [5.74, 6) is -1.20. The van der Waals surface area contributed by atoms with E-state index in [1.165, 1.54) is 26.2 Å². The van der Waals surface area contributed by atoms with Crippen molar-refractivity contribution in [3.8, 4) is 5.75 Å². The molecule has 1 aromatic carbocycles. The zero-order valence-electron chi connectivity index (χ0n) is 9.91. The largest absolute Gasteiger partial charge is 0.494 e. The van der Waals surface area contributed by atoms with Crippen LogP contribution >= 0.6 is 0 Å². The fraction of sp³-hybridized carbons (Fsp3) is 0.333. The number of methoxy groups -OCH3 is 1. The molecule has 1 unspecified atom stereocenters. The molecule has 17 heavy (non-hydrogen) atoms. The monoisotopic (exact) mass is 239 g/mol. The third kappa shape index (κ3) is 3.27. The second kappa shape index (κ2) is 5.43. The van der Waals surface area contributed by atoms with Crippen LogP contribution in [-0.4, -0.2) is 24.8 Å². The van der Waals surface area contributed by atoms with Gasteiger partial charge >= 0.3 is 0 Å². The van der Waals surface area contributed by atoms with Crippen LogP contribution in [-0.2, 0) is 4.79 Å². The summed E-state index contributed by atoms with van der Waals surface area (Å²) < 4.78 is 18.1. The highest BCUT2D eigenvalue weighted by atomic mass is 19.1. The number of ether oxygens (including phenoxy) is 1. The van der Waals surface area contributed by atoms with E-state index in [1.54, 1.807) is 6.92 Å². The van der Waals surface area contributed by atoms with Gasteiger partial charge in [-0.2, -0.15) is 0 Å². The normalized spacial score (nSPS) is 11.8. The van der Waals surface area contributed by atoms with Crippen LogP contribution in [0.15, 0.2) is 18.2 Å². The zero-order chi connectivity index (χ0) is 13.0. The second-order valence-corrected chi connectivity index (χ2v) is 3.66. The molecule has 0 spiro atoms. The first-order chi connectivity index (χ1) is 7.95. The molecule has 1 rings (SSSR count). The van der Waals surface area contributed by atoms with Crippen molar-refractivity contribution >= 4 is 11.7 Å². The zero-order valence-corrected chi connectivity index (χ0v) is 9.91. The van der Waals surface area contributed by atoms with E-state index in [9.17, 15) is 14.0 Å². The minimum Gasteiger partial charge on any atom is -0.494 e. The van der Waals surface area contributed by atoms with Gasteiger partial charge in [0.1, 0.15) is 0 Å². The van der Waals surface area contributed by atoms with Gasteiger partial charge in [-0.05, 0) is 32.0 Å². The number of carbonyl (C=O) groups is 2. The predicted molar refractivity (Wildman–Crippen MR) is 60.6 cm³/mol. The van der Waals surface area contributed by atoms with E-state index in [2.05, 4.69) is 5.32 Å². The third-order valence-electron chi connectivity index (χ3n) is 2.37. The maximum atomic E-state index is 13.3. The van der Waals surface area contributed by atoms with Gasteiger partial charge in [0, 0.05) is 5.56 Å². The fourth-order valence-electron chi connectivity index (χ4n) is 1.19. The van der Waals surface area contributed by atoms with Gasteiger partial charge in [-0.3, -0.25) is 9.59 Å². The summed E-state index contributed by atoms with van der Waals surface area (Å²) in [5, 5.41) is 2.46. The second-order valence-electron chi connectivity index (χ2n) is 3.66. The highest BCUT2D eigenvalue weighted by Crippen LogP contribution is 2.17. The number of nitrogens with one attached hydrogen (secondary N) is 1. The molecule has 4 nitrogen and oxygen atoms in total. The molecule has 0 bridgehead atoms. The molecular weight excluding hydrogens is 225 g/mol. The summed E-state index contributed by atoms with van der Waals surface area (Å²) >= 11 is 0. The Hall–Kier alpha value is -1.91. The van der Waals surface area contributed by atoms with Crippen molar-refractivity contribution in [3.05, 3.63) is 29.6 Å². The van der Waals surface area contributed by atoms with Gasteiger partial charge < -0.3 is 10.1 Å². The topological polar surface area (TPSA) is 55.4 Å². The number of halogens is 1. The molecule has 1 aromatic rings. The van der Waals surface area contributed by atoms with Crippen LogP contribution in [0.25, 0.3) is 0 Å². The van der Waals surface area contributed by atoms with Crippen molar-refractivity contribution in [1.29, 1.82) is 0 Å². The standard InChI is InChI=1S/C12H14FNO3/c1-7(8(2)15)14-12(16)9-4-5-11(17-3)10(13)6-9/h4-7H,1-3H3,(H,14,16). The van der Waals surface area contributed by atoms with Crippen molar-refractivity contribution in [2.24, 2.45) is 0 Å². The lowest BCUT2D eigenvalue weighted by Gasteiger charge is -2.11. The lowest BCUT2D eigenvalue weighted by molar-refractivity contribution is -0.118. The minimum absolute atomic E-state index is 0.0705.